The fraction of sp³-hybridized carbons (Fsp3) is 0.176. The van der Waals surface area contributed by atoms with Gasteiger partial charge in [0.05, 0.1) is 17.3 Å². The molecule has 0 fully saturated rings. The van der Waals surface area contributed by atoms with Crippen molar-refractivity contribution in [3.8, 4) is 0 Å². The van der Waals surface area contributed by atoms with E-state index in [-0.39, 0.29) is 12.0 Å². The number of hydrogen-bond acceptors (Lipinski definition) is 5. The van der Waals surface area contributed by atoms with Crippen LogP contribution in [0.25, 0.3) is 10.9 Å². The molecule has 2 aromatic heterocycles. The van der Waals surface area contributed by atoms with Crippen LogP contribution in [-0.4, -0.2) is 21.6 Å². The minimum Gasteiger partial charge on any atom is -0.466 e. The van der Waals surface area contributed by atoms with E-state index in [2.05, 4.69) is 16.0 Å². The maximum Gasteiger partial charge on any atom is 0.273 e. The minimum atomic E-state index is -0.479. The van der Waals surface area contributed by atoms with Crippen molar-refractivity contribution in [2.24, 2.45) is 0 Å². The number of nitrogens with zero attached hydrogens (tertiary/aromatic N) is 2. The van der Waals surface area contributed by atoms with Gasteiger partial charge in [0.1, 0.15) is 18.1 Å². The average molecular weight is 340 g/mol. The number of aromatic nitrogens is 2. The Morgan fingerprint density at radius 3 is 2.68 bits per heavy atom. The van der Waals surface area contributed by atoms with Crippen LogP contribution in [0.15, 0.2) is 45.7 Å². The maximum atomic E-state index is 12.1. The van der Waals surface area contributed by atoms with Crippen LogP contribution in [0.5, 0.6) is 0 Å². The van der Waals surface area contributed by atoms with E-state index in [1.165, 1.54) is 4.68 Å². The minimum absolute atomic E-state index is 0.148. The van der Waals surface area contributed by atoms with Crippen LogP contribution in [0, 0.1) is 13.8 Å². The molecule has 0 saturated heterocycles. The Bertz CT molecular complexity index is 1020. The average Bonchev–Trinajstić information content (AvgIpc) is 2.94. The fourth-order valence-electron chi connectivity index (χ4n) is 2.51. The molecule has 1 aromatic carbocycles. The number of fused-ring (bicyclic) bond motifs is 1. The number of rotatable bonds is 3. The van der Waals surface area contributed by atoms with Gasteiger partial charge in [0.25, 0.3) is 11.8 Å². The number of benzene rings is 1. The van der Waals surface area contributed by atoms with E-state index in [9.17, 15) is 14.4 Å². The monoisotopic (exact) mass is 340 g/mol. The summed E-state index contributed by atoms with van der Waals surface area (Å²) >= 11 is 0. The number of carbonyl (C=O) groups is 2. The molecule has 0 aliphatic heterocycles. The highest BCUT2D eigenvalue weighted by molar-refractivity contribution is 5.96. The number of amides is 2. The molecule has 0 spiro atoms. The van der Waals surface area contributed by atoms with Gasteiger partial charge in [-0.15, -0.1) is 0 Å². The van der Waals surface area contributed by atoms with Crippen LogP contribution >= 0.6 is 0 Å². The number of carbonyl (C=O) groups excluding carboxylic acids is 2. The van der Waals surface area contributed by atoms with Gasteiger partial charge in [-0.05, 0) is 32.0 Å². The van der Waals surface area contributed by atoms with Gasteiger partial charge in [-0.3, -0.25) is 29.9 Å². The zero-order valence-electron chi connectivity index (χ0n) is 13.7. The molecule has 25 heavy (non-hydrogen) atoms. The van der Waals surface area contributed by atoms with Crippen molar-refractivity contribution >= 4 is 22.7 Å². The van der Waals surface area contributed by atoms with Crippen molar-refractivity contribution < 1.29 is 14.0 Å². The summed E-state index contributed by atoms with van der Waals surface area (Å²) in [6, 6.07) is 8.45. The summed E-state index contributed by atoms with van der Waals surface area (Å²) in [4.78, 5) is 35.9. The van der Waals surface area contributed by atoms with E-state index < -0.39 is 11.8 Å². The lowest BCUT2D eigenvalue weighted by Crippen LogP contribution is -2.43. The van der Waals surface area contributed by atoms with Gasteiger partial charge in [0, 0.05) is 5.39 Å². The summed E-state index contributed by atoms with van der Waals surface area (Å²) in [5.74, 6) is 0.128. The normalized spacial score (nSPS) is 10.6. The number of hydrogen-bond donors (Lipinski definition) is 2. The van der Waals surface area contributed by atoms with Crippen molar-refractivity contribution in [1.82, 2.24) is 20.6 Å². The smallest absolute Gasteiger partial charge is 0.273 e. The lowest BCUT2D eigenvalue weighted by molar-refractivity contribution is -0.122. The first kappa shape index (κ1) is 16.4. The second-order valence-electron chi connectivity index (χ2n) is 5.51. The zero-order chi connectivity index (χ0) is 18.0. The van der Waals surface area contributed by atoms with E-state index in [1.807, 2.05) is 0 Å². The van der Waals surface area contributed by atoms with Gasteiger partial charge in [0.15, 0.2) is 0 Å². The molecule has 0 aliphatic carbocycles. The van der Waals surface area contributed by atoms with Gasteiger partial charge >= 0.3 is 0 Å². The lowest BCUT2D eigenvalue weighted by Gasteiger charge is -2.10. The number of nitrogens with one attached hydrogen (secondary N) is 2. The third kappa shape index (κ3) is 3.42. The van der Waals surface area contributed by atoms with E-state index >= 15 is 0 Å². The van der Waals surface area contributed by atoms with Gasteiger partial charge in [0.2, 0.25) is 5.43 Å². The van der Waals surface area contributed by atoms with Gasteiger partial charge in [-0.2, -0.15) is 5.10 Å². The highest BCUT2D eigenvalue weighted by atomic mass is 16.3. The van der Waals surface area contributed by atoms with Crippen molar-refractivity contribution in [2.75, 3.05) is 0 Å². The molecule has 8 nitrogen and oxygen atoms in total. The van der Waals surface area contributed by atoms with Gasteiger partial charge in [-0.25, -0.2) is 0 Å². The third-order valence-corrected chi connectivity index (χ3v) is 3.66. The zero-order valence-corrected chi connectivity index (χ0v) is 13.7. The van der Waals surface area contributed by atoms with Crippen LogP contribution in [-0.2, 0) is 11.3 Å². The van der Waals surface area contributed by atoms with E-state index in [1.54, 1.807) is 44.2 Å². The second kappa shape index (κ2) is 6.60. The Morgan fingerprint density at radius 2 is 1.96 bits per heavy atom. The molecule has 0 saturated carbocycles. The molecule has 8 heteroatoms. The molecule has 0 unspecified atom stereocenters. The van der Waals surface area contributed by atoms with E-state index in [0.717, 1.165) is 6.20 Å². The standard InChI is InChI=1S/C17H16N4O4/c1-10-7-13(11(2)25-10)17(24)20-19-16(23)9-21-14-6-4-3-5-12(14)15(22)8-18-21/h3-8H,9H2,1-2H3,(H,19,23)(H,20,24). The van der Waals surface area contributed by atoms with Crippen LogP contribution in [0.4, 0.5) is 0 Å². The fourth-order valence-corrected chi connectivity index (χ4v) is 2.51. The Kier molecular flexibility index (Phi) is 4.34. The summed E-state index contributed by atoms with van der Waals surface area (Å²) in [5.41, 5.74) is 5.33. The van der Waals surface area contributed by atoms with Crippen molar-refractivity contribution in [1.29, 1.82) is 0 Å². The predicted molar refractivity (Wildman–Crippen MR) is 89.8 cm³/mol. The Balaban J connectivity index is 1.69. The number of furan rings is 1. The van der Waals surface area contributed by atoms with Crippen LogP contribution in [0.1, 0.15) is 21.9 Å². The Hall–Kier alpha value is -3.42. The molecule has 0 bridgehead atoms. The van der Waals surface area contributed by atoms with Crippen LogP contribution in [0.2, 0.25) is 0 Å². The Morgan fingerprint density at radius 1 is 1.20 bits per heavy atom. The predicted octanol–water partition coefficient (Wildman–Crippen LogP) is 1.07. The SMILES string of the molecule is Cc1cc(C(=O)NNC(=O)Cn2ncc(=O)c3ccccc32)c(C)o1. The highest BCUT2D eigenvalue weighted by Gasteiger charge is 2.14. The van der Waals surface area contributed by atoms with Crippen molar-refractivity contribution in [3.05, 3.63) is 63.8 Å². The molecule has 3 rings (SSSR count). The molecule has 2 amide bonds. The molecule has 0 atom stereocenters. The molecule has 3 aromatic rings. The number of aryl methyl sites for hydroxylation is 2. The summed E-state index contributed by atoms with van der Waals surface area (Å²) in [6.45, 7) is 3.25. The maximum absolute atomic E-state index is 12.1. The third-order valence-electron chi connectivity index (χ3n) is 3.66. The van der Waals surface area contributed by atoms with Gasteiger partial charge < -0.3 is 4.42 Å². The van der Waals surface area contributed by atoms with Gasteiger partial charge in [-0.1, -0.05) is 12.1 Å². The lowest BCUT2D eigenvalue weighted by atomic mass is 10.2. The molecule has 2 N–H and O–H groups in total. The van der Waals surface area contributed by atoms with E-state index in [4.69, 9.17) is 4.42 Å². The van der Waals surface area contributed by atoms with Crippen molar-refractivity contribution in [3.63, 3.8) is 0 Å². The van der Waals surface area contributed by atoms with Crippen molar-refractivity contribution in [2.45, 2.75) is 20.4 Å². The number of para-hydroxylation sites is 1. The van der Waals surface area contributed by atoms with E-state index in [0.29, 0.717) is 28.0 Å². The van der Waals surface area contributed by atoms with Crippen LogP contribution in [0.3, 0.4) is 0 Å². The first-order valence-corrected chi connectivity index (χ1v) is 7.57. The highest BCUT2D eigenvalue weighted by Crippen LogP contribution is 2.13. The largest absolute Gasteiger partial charge is 0.466 e. The second-order valence-corrected chi connectivity index (χ2v) is 5.51. The summed E-state index contributed by atoms with van der Waals surface area (Å²) in [6.07, 6.45) is 1.16. The molecule has 0 aliphatic rings. The molecular formula is C17H16N4O4. The first-order chi connectivity index (χ1) is 12.0. The summed E-state index contributed by atoms with van der Waals surface area (Å²) < 4.78 is 6.67. The number of hydrazine groups is 1. The molecule has 2 heterocycles. The Labute approximate surface area is 142 Å². The topological polar surface area (TPSA) is 106 Å². The summed E-state index contributed by atoms with van der Waals surface area (Å²) in [5, 5.41) is 4.44. The quantitative estimate of drug-likeness (QED) is 0.694. The summed E-state index contributed by atoms with van der Waals surface area (Å²) in [7, 11) is 0. The van der Waals surface area contributed by atoms with Crippen LogP contribution < -0.4 is 16.3 Å². The molecular weight excluding hydrogens is 324 g/mol. The molecule has 128 valence electrons. The first-order valence-electron chi connectivity index (χ1n) is 7.57. The molecule has 0 radical (unpaired) electrons.